The van der Waals surface area contributed by atoms with E-state index in [1.807, 2.05) is 12.3 Å². The van der Waals surface area contributed by atoms with Crippen LogP contribution in [0.15, 0.2) is 18.5 Å². The maximum absolute atomic E-state index is 14.0. The van der Waals surface area contributed by atoms with Crippen LogP contribution >= 0.6 is 11.9 Å². The lowest BCUT2D eigenvalue weighted by Gasteiger charge is -2.34. The lowest BCUT2D eigenvalue weighted by Crippen LogP contribution is -2.44. The fourth-order valence-electron chi connectivity index (χ4n) is 2.83. The largest absolute Gasteiger partial charge is 0.354 e. The first-order valence-corrected chi connectivity index (χ1v) is 8.33. The number of rotatable bonds is 3. The Labute approximate surface area is 132 Å². The highest BCUT2D eigenvalue weighted by molar-refractivity contribution is 7.96. The van der Waals surface area contributed by atoms with Crippen LogP contribution in [0.3, 0.4) is 0 Å². The minimum absolute atomic E-state index is 0.0118. The number of nitriles is 1. The monoisotopic (exact) mass is 317 g/mol. The zero-order valence-corrected chi connectivity index (χ0v) is 13.0. The summed E-state index contributed by atoms with van der Waals surface area (Å²) < 4.78 is 17.3. The standard InChI is InChI=1S/C15H16FN5S/c1-22-20-11-3-2-4-21(8-11)15-12-6-13(16)10(7-17)5-14(12)18-9-19-15/h5-6,9,11,20H,2-4,8H2,1H3. The quantitative estimate of drug-likeness (QED) is 0.877. The minimum atomic E-state index is -0.526. The number of nitrogens with one attached hydrogen (secondary N) is 1. The van der Waals surface area contributed by atoms with Crippen molar-refractivity contribution in [2.24, 2.45) is 0 Å². The van der Waals surface area contributed by atoms with Crippen molar-refractivity contribution in [1.29, 1.82) is 5.26 Å². The first-order valence-electron chi connectivity index (χ1n) is 7.10. The van der Waals surface area contributed by atoms with Gasteiger partial charge < -0.3 is 4.90 Å². The van der Waals surface area contributed by atoms with Gasteiger partial charge in [0.25, 0.3) is 0 Å². The summed E-state index contributed by atoms with van der Waals surface area (Å²) in [5.74, 6) is 0.211. The van der Waals surface area contributed by atoms with E-state index < -0.39 is 5.82 Å². The third-order valence-corrected chi connectivity index (χ3v) is 4.40. The summed E-state index contributed by atoms with van der Waals surface area (Å²) in [5, 5.41) is 9.59. The van der Waals surface area contributed by atoms with E-state index >= 15 is 0 Å². The lowest BCUT2D eigenvalue weighted by molar-refractivity contribution is 0.483. The van der Waals surface area contributed by atoms with Crippen LogP contribution < -0.4 is 9.62 Å². The third-order valence-electron chi connectivity index (χ3n) is 3.83. The topological polar surface area (TPSA) is 64.8 Å². The Morgan fingerprint density at radius 1 is 1.45 bits per heavy atom. The highest BCUT2D eigenvalue weighted by atomic mass is 32.2. The van der Waals surface area contributed by atoms with Crippen LogP contribution in [-0.4, -0.2) is 35.4 Å². The SMILES string of the molecule is CSNC1CCCN(c2ncnc3cc(C#N)c(F)cc23)C1. The van der Waals surface area contributed by atoms with Crippen LogP contribution in [-0.2, 0) is 0 Å². The zero-order chi connectivity index (χ0) is 15.5. The molecule has 2 heterocycles. The molecule has 0 bridgehead atoms. The third kappa shape index (κ3) is 2.85. The molecule has 1 aromatic carbocycles. The summed E-state index contributed by atoms with van der Waals surface area (Å²) in [6.07, 6.45) is 5.66. The Morgan fingerprint density at radius 2 is 2.32 bits per heavy atom. The number of aromatic nitrogens is 2. The maximum Gasteiger partial charge on any atom is 0.141 e. The molecular formula is C15H16FN5S. The Balaban J connectivity index is 2.00. The van der Waals surface area contributed by atoms with E-state index in [1.165, 1.54) is 18.5 Å². The number of anilines is 1. The van der Waals surface area contributed by atoms with Gasteiger partial charge in [-0.25, -0.2) is 14.4 Å². The molecule has 0 spiro atoms. The minimum Gasteiger partial charge on any atom is -0.354 e. The second-order valence-corrected chi connectivity index (χ2v) is 5.91. The Hall–Kier alpha value is -1.91. The second-order valence-electron chi connectivity index (χ2n) is 5.27. The fourth-order valence-corrected chi connectivity index (χ4v) is 3.36. The van der Waals surface area contributed by atoms with Gasteiger partial charge in [0.15, 0.2) is 0 Å². The number of halogens is 1. The molecule has 22 heavy (non-hydrogen) atoms. The highest BCUT2D eigenvalue weighted by Gasteiger charge is 2.22. The van der Waals surface area contributed by atoms with Gasteiger partial charge in [-0.05, 0) is 31.2 Å². The molecule has 114 valence electrons. The van der Waals surface area contributed by atoms with E-state index in [4.69, 9.17) is 5.26 Å². The summed E-state index contributed by atoms with van der Waals surface area (Å²) in [6, 6.07) is 5.09. The predicted octanol–water partition coefficient (Wildman–Crippen LogP) is 2.48. The van der Waals surface area contributed by atoms with Crippen molar-refractivity contribution >= 4 is 28.7 Å². The molecule has 1 aromatic heterocycles. The molecule has 1 atom stereocenters. The van der Waals surface area contributed by atoms with Crippen molar-refractivity contribution in [2.75, 3.05) is 24.2 Å². The second kappa shape index (κ2) is 6.46. The fraction of sp³-hybridized carbons (Fsp3) is 0.400. The predicted molar refractivity (Wildman–Crippen MR) is 86.1 cm³/mol. The highest BCUT2D eigenvalue weighted by Crippen LogP contribution is 2.27. The van der Waals surface area contributed by atoms with E-state index in [2.05, 4.69) is 19.6 Å². The molecule has 1 aliphatic heterocycles. The average molecular weight is 317 g/mol. The lowest BCUT2D eigenvalue weighted by atomic mass is 10.1. The van der Waals surface area contributed by atoms with Crippen molar-refractivity contribution in [3.05, 3.63) is 29.8 Å². The molecule has 0 radical (unpaired) electrons. The van der Waals surface area contributed by atoms with E-state index in [9.17, 15) is 4.39 Å². The summed E-state index contributed by atoms with van der Waals surface area (Å²) in [4.78, 5) is 10.7. The molecule has 5 nitrogen and oxygen atoms in total. The van der Waals surface area contributed by atoms with Crippen molar-refractivity contribution in [3.8, 4) is 6.07 Å². The molecule has 3 rings (SSSR count). The van der Waals surface area contributed by atoms with Gasteiger partial charge in [0.05, 0.1) is 11.1 Å². The van der Waals surface area contributed by atoms with E-state index in [1.54, 1.807) is 11.9 Å². The first kappa shape index (κ1) is 15.0. The zero-order valence-electron chi connectivity index (χ0n) is 12.2. The number of fused-ring (bicyclic) bond motifs is 1. The van der Waals surface area contributed by atoms with Crippen molar-refractivity contribution < 1.29 is 4.39 Å². The number of nitrogens with zero attached hydrogens (tertiary/aromatic N) is 4. The Kier molecular flexibility index (Phi) is 4.41. The van der Waals surface area contributed by atoms with Crippen LogP contribution in [0.1, 0.15) is 18.4 Å². The molecule has 1 N–H and O–H groups in total. The van der Waals surface area contributed by atoms with Crippen LogP contribution in [0, 0.1) is 17.1 Å². The van der Waals surface area contributed by atoms with Crippen LogP contribution in [0.25, 0.3) is 10.9 Å². The van der Waals surface area contributed by atoms with Crippen molar-refractivity contribution in [1.82, 2.24) is 14.7 Å². The van der Waals surface area contributed by atoms with Gasteiger partial charge >= 0.3 is 0 Å². The van der Waals surface area contributed by atoms with Gasteiger partial charge in [-0.3, -0.25) is 4.72 Å². The normalized spacial score (nSPS) is 18.4. The van der Waals surface area contributed by atoms with E-state index in [0.717, 1.165) is 31.7 Å². The van der Waals surface area contributed by atoms with Crippen molar-refractivity contribution in [2.45, 2.75) is 18.9 Å². The number of piperidine rings is 1. The van der Waals surface area contributed by atoms with Crippen molar-refractivity contribution in [3.63, 3.8) is 0 Å². The average Bonchev–Trinajstić information content (AvgIpc) is 2.54. The maximum atomic E-state index is 14.0. The molecule has 0 amide bonds. The molecular weight excluding hydrogens is 301 g/mol. The summed E-state index contributed by atoms with van der Waals surface area (Å²) in [6.45, 7) is 1.72. The summed E-state index contributed by atoms with van der Waals surface area (Å²) >= 11 is 1.61. The smallest absolute Gasteiger partial charge is 0.141 e. The molecule has 1 saturated heterocycles. The molecule has 1 fully saturated rings. The van der Waals surface area contributed by atoms with Gasteiger partial charge in [-0.1, -0.05) is 11.9 Å². The van der Waals surface area contributed by atoms with Gasteiger partial charge in [0.1, 0.15) is 24.0 Å². The molecule has 2 aromatic rings. The van der Waals surface area contributed by atoms with E-state index in [-0.39, 0.29) is 5.56 Å². The molecule has 7 heteroatoms. The molecule has 1 aliphatic rings. The number of hydrogen-bond donors (Lipinski definition) is 1. The van der Waals surface area contributed by atoms with Gasteiger partial charge in [-0.2, -0.15) is 5.26 Å². The molecule has 1 unspecified atom stereocenters. The van der Waals surface area contributed by atoms with Crippen LogP contribution in [0.4, 0.5) is 10.2 Å². The van der Waals surface area contributed by atoms with E-state index in [0.29, 0.717) is 16.9 Å². The molecule has 0 aliphatic carbocycles. The number of hydrogen-bond acceptors (Lipinski definition) is 6. The number of benzene rings is 1. The van der Waals surface area contributed by atoms with Gasteiger partial charge in [0.2, 0.25) is 0 Å². The summed E-state index contributed by atoms with van der Waals surface area (Å²) in [7, 11) is 0. The Bertz CT molecular complexity index is 728. The van der Waals surface area contributed by atoms with Crippen LogP contribution in [0.5, 0.6) is 0 Å². The van der Waals surface area contributed by atoms with Crippen LogP contribution in [0.2, 0.25) is 0 Å². The Morgan fingerprint density at radius 3 is 3.09 bits per heavy atom. The first-order chi connectivity index (χ1) is 10.7. The van der Waals surface area contributed by atoms with Gasteiger partial charge in [0, 0.05) is 24.5 Å². The van der Waals surface area contributed by atoms with Gasteiger partial charge in [-0.15, -0.1) is 0 Å². The molecule has 0 saturated carbocycles. The summed E-state index contributed by atoms with van der Waals surface area (Å²) in [5.41, 5.74) is 0.612.